The normalized spacial score (nSPS) is 16.8. The molecule has 24 heavy (non-hydrogen) atoms. The first-order valence-corrected chi connectivity index (χ1v) is 8.86. The lowest BCUT2D eigenvalue weighted by atomic mass is 9.98. The number of anilines is 1. The minimum atomic E-state index is -0.399. The third kappa shape index (κ3) is 3.08. The van der Waals surface area contributed by atoms with Crippen molar-refractivity contribution in [2.75, 3.05) is 11.9 Å². The van der Waals surface area contributed by atoms with E-state index in [2.05, 4.69) is 37.4 Å². The second kappa shape index (κ2) is 6.76. The molecule has 1 saturated heterocycles. The molecule has 0 spiro atoms. The molecule has 2 aromatic rings. The Morgan fingerprint density at radius 2 is 2.12 bits per heavy atom. The smallest absolute Gasteiger partial charge is 0.254 e. The molecule has 1 amide bonds. The molecule has 0 unspecified atom stereocenters. The Morgan fingerprint density at radius 1 is 1.33 bits per heavy atom. The molecule has 0 radical (unpaired) electrons. The highest BCUT2D eigenvalue weighted by Gasteiger charge is 2.26. The van der Waals surface area contributed by atoms with Gasteiger partial charge in [-0.2, -0.15) is 5.26 Å². The molecular weight excluding hydrogens is 320 g/mol. The first-order chi connectivity index (χ1) is 11.5. The third-order valence-electron chi connectivity index (χ3n) is 4.45. The number of carbonyl (C=O) groups is 1. The van der Waals surface area contributed by atoms with E-state index >= 15 is 0 Å². The second-order valence-corrected chi connectivity index (χ2v) is 7.36. The van der Waals surface area contributed by atoms with Crippen molar-refractivity contribution in [1.29, 1.82) is 5.26 Å². The number of hydrogen-bond acceptors (Lipinski definition) is 4. The van der Waals surface area contributed by atoms with Crippen LogP contribution in [0.5, 0.6) is 0 Å². The Morgan fingerprint density at radius 3 is 2.75 bits per heavy atom. The van der Waals surface area contributed by atoms with Gasteiger partial charge in [-0.05, 0) is 50.3 Å². The van der Waals surface area contributed by atoms with E-state index in [0.717, 1.165) is 28.8 Å². The van der Waals surface area contributed by atoms with Gasteiger partial charge in [-0.25, -0.2) is 0 Å². The Hall–Kier alpha value is -2.16. The molecule has 2 heterocycles. The highest BCUT2D eigenvalue weighted by molar-refractivity contribution is 7.17. The van der Waals surface area contributed by atoms with Crippen LogP contribution in [0.4, 0.5) is 5.00 Å². The summed E-state index contributed by atoms with van der Waals surface area (Å²) in [5, 5.41) is 13.2. The van der Waals surface area contributed by atoms with Gasteiger partial charge in [0.2, 0.25) is 0 Å². The van der Waals surface area contributed by atoms with E-state index in [1.54, 1.807) is 0 Å². The summed E-state index contributed by atoms with van der Waals surface area (Å²) >= 11 is 1.45. The van der Waals surface area contributed by atoms with Gasteiger partial charge in [0, 0.05) is 17.0 Å². The van der Waals surface area contributed by atoms with Gasteiger partial charge in [0.1, 0.15) is 17.2 Å². The number of carbonyl (C=O) groups excluding carboxylic acids is 1. The van der Waals surface area contributed by atoms with E-state index in [-0.39, 0.29) is 5.91 Å². The van der Waals surface area contributed by atoms with Crippen molar-refractivity contribution in [3.05, 3.63) is 39.8 Å². The topological polar surface area (TPSA) is 62.1 Å². The molecule has 0 aliphatic carbocycles. The zero-order chi connectivity index (χ0) is 17.3. The Bertz CT molecular complexity index is 827. The van der Waals surface area contributed by atoms with Gasteiger partial charge in [0.15, 0.2) is 0 Å². The predicted octanol–water partition coefficient (Wildman–Crippen LogP) is 4.33. The quantitative estimate of drug-likeness (QED) is 0.904. The molecule has 1 aromatic carbocycles. The van der Waals surface area contributed by atoms with E-state index in [1.165, 1.54) is 22.5 Å². The fourth-order valence-corrected chi connectivity index (χ4v) is 3.99. The number of ether oxygens (including phenoxy) is 1. The van der Waals surface area contributed by atoms with Crippen LogP contribution in [0.1, 0.15) is 34.4 Å². The average molecular weight is 340 g/mol. The Kier molecular flexibility index (Phi) is 4.70. The van der Waals surface area contributed by atoms with Crippen molar-refractivity contribution in [2.45, 2.75) is 39.7 Å². The number of nitriles is 1. The minimum absolute atomic E-state index is 0.156. The molecule has 1 fully saturated rings. The van der Waals surface area contributed by atoms with Crippen molar-refractivity contribution < 1.29 is 9.53 Å². The summed E-state index contributed by atoms with van der Waals surface area (Å²) in [6.45, 7) is 6.74. The van der Waals surface area contributed by atoms with Crippen LogP contribution in [0.2, 0.25) is 0 Å². The number of thiophene rings is 1. The molecule has 5 heteroatoms. The minimum Gasteiger partial charge on any atom is -0.368 e. The maximum absolute atomic E-state index is 12.3. The van der Waals surface area contributed by atoms with Crippen molar-refractivity contribution in [2.24, 2.45) is 0 Å². The van der Waals surface area contributed by atoms with Crippen LogP contribution in [-0.2, 0) is 9.53 Å². The Balaban J connectivity index is 1.96. The zero-order valence-corrected chi connectivity index (χ0v) is 14.9. The standard InChI is InChI=1S/C19H20N2O2S/c1-11-6-7-14(9-12(11)2)17-13(3)24-19(15(17)10-20)21-18(22)16-5-4-8-23-16/h6-7,9,16H,4-5,8H2,1-3H3,(H,21,22)/t16-/m0/s1. The van der Waals surface area contributed by atoms with E-state index in [0.29, 0.717) is 17.2 Å². The average Bonchev–Trinajstić information content (AvgIpc) is 3.18. The molecule has 4 nitrogen and oxygen atoms in total. The summed E-state index contributed by atoms with van der Waals surface area (Å²) < 4.78 is 5.42. The monoisotopic (exact) mass is 340 g/mol. The molecule has 1 N–H and O–H groups in total. The SMILES string of the molecule is Cc1ccc(-c2c(C)sc(NC(=O)[C@@H]3CCCO3)c2C#N)cc1C. The van der Waals surface area contributed by atoms with Crippen molar-refractivity contribution in [1.82, 2.24) is 0 Å². The van der Waals surface area contributed by atoms with E-state index in [1.807, 2.05) is 13.0 Å². The number of benzene rings is 1. The molecular formula is C19H20N2O2S. The lowest BCUT2D eigenvalue weighted by Crippen LogP contribution is -2.26. The van der Waals surface area contributed by atoms with E-state index in [4.69, 9.17) is 4.74 Å². The molecule has 1 atom stereocenters. The summed E-state index contributed by atoms with van der Waals surface area (Å²) in [7, 11) is 0. The van der Waals surface area contributed by atoms with Crippen LogP contribution in [-0.4, -0.2) is 18.6 Å². The Labute approximate surface area is 146 Å². The summed E-state index contributed by atoms with van der Waals surface area (Å²) in [4.78, 5) is 13.3. The summed E-state index contributed by atoms with van der Waals surface area (Å²) in [6, 6.07) is 8.46. The maximum atomic E-state index is 12.3. The van der Waals surface area contributed by atoms with Crippen LogP contribution >= 0.6 is 11.3 Å². The number of rotatable bonds is 3. The molecule has 1 aliphatic rings. The van der Waals surface area contributed by atoms with Crippen molar-refractivity contribution in [3.8, 4) is 17.2 Å². The summed E-state index contributed by atoms with van der Waals surface area (Å²) in [5.41, 5.74) is 4.87. The number of hydrogen-bond donors (Lipinski definition) is 1. The third-order valence-corrected chi connectivity index (χ3v) is 5.47. The lowest BCUT2D eigenvalue weighted by Gasteiger charge is -2.09. The number of aryl methyl sites for hydroxylation is 3. The van der Waals surface area contributed by atoms with Gasteiger partial charge in [0.25, 0.3) is 5.91 Å². The van der Waals surface area contributed by atoms with Gasteiger partial charge >= 0.3 is 0 Å². The maximum Gasteiger partial charge on any atom is 0.254 e. The molecule has 124 valence electrons. The van der Waals surface area contributed by atoms with Crippen LogP contribution in [0.3, 0.4) is 0 Å². The fourth-order valence-electron chi connectivity index (χ4n) is 2.96. The largest absolute Gasteiger partial charge is 0.368 e. The molecule has 0 bridgehead atoms. The fraction of sp³-hybridized carbons (Fsp3) is 0.368. The number of nitrogens with one attached hydrogen (secondary N) is 1. The van der Waals surface area contributed by atoms with Gasteiger partial charge < -0.3 is 10.1 Å². The first kappa shape index (κ1) is 16.7. The van der Waals surface area contributed by atoms with Crippen LogP contribution in [0, 0.1) is 32.1 Å². The molecule has 1 aromatic heterocycles. The number of amides is 1. The van der Waals surface area contributed by atoms with Crippen molar-refractivity contribution in [3.63, 3.8) is 0 Å². The van der Waals surface area contributed by atoms with Gasteiger partial charge in [-0.3, -0.25) is 4.79 Å². The van der Waals surface area contributed by atoms with E-state index in [9.17, 15) is 10.1 Å². The van der Waals surface area contributed by atoms with E-state index < -0.39 is 6.10 Å². The molecule has 1 aliphatic heterocycles. The first-order valence-electron chi connectivity index (χ1n) is 8.05. The highest BCUT2D eigenvalue weighted by atomic mass is 32.1. The van der Waals surface area contributed by atoms with Gasteiger partial charge in [-0.1, -0.05) is 18.2 Å². The zero-order valence-electron chi connectivity index (χ0n) is 14.1. The van der Waals surface area contributed by atoms with Crippen molar-refractivity contribution >= 4 is 22.2 Å². The van der Waals surface area contributed by atoms with Crippen LogP contribution in [0.25, 0.3) is 11.1 Å². The number of nitrogens with zero attached hydrogens (tertiary/aromatic N) is 1. The lowest BCUT2D eigenvalue weighted by molar-refractivity contribution is -0.124. The summed E-state index contributed by atoms with van der Waals surface area (Å²) in [5.74, 6) is -0.156. The highest BCUT2D eigenvalue weighted by Crippen LogP contribution is 2.40. The van der Waals surface area contributed by atoms with Crippen LogP contribution < -0.4 is 5.32 Å². The molecule has 0 saturated carbocycles. The second-order valence-electron chi connectivity index (χ2n) is 6.14. The summed E-state index contributed by atoms with van der Waals surface area (Å²) in [6.07, 6.45) is 1.24. The van der Waals surface area contributed by atoms with Crippen LogP contribution in [0.15, 0.2) is 18.2 Å². The van der Waals surface area contributed by atoms with Gasteiger partial charge in [0.05, 0.1) is 5.56 Å². The molecule has 3 rings (SSSR count). The predicted molar refractivity (Wildman–Crippen MR) is 96.3 cm³/mol. The van der Waals surface area contributed by atoms with Gasteiger partial charge in [-0.15, -0.1) is 11.3 Å².